The fourth-order valence-electron chi connectivity index (χ4n) is 1.35. The Kier molecular flexibility index (Phi) is 4.75. The van der Waals surface area contributed by atoms with Gasteiger partial charge in [0.2, 0.25) is 0 Å². The molecule has 0 spiro atoms. The summed E-state index contributed by atoms with van der Waals surface area (Å²) in [7, 11) is 1.23. The molecule has 1 aromatic rings. The van der Waals surface area contributed by atoms with Crippen molar-refractivity contribution >= 4 is 5.97 Å². The van der Waals surface area contributed by atoms with Crippen LogP contribution in [0.15, 0.2) is 12.1 Å². The predicted octanol–water partition coefficient (Wildman–Crippen LogP) is 2.41. The Bertz CT molecular complexity index is 404. The number of hydrogen-bond acceptors (Lipinski definition) is 4. The lowest BCUT2D eigenvalue weighted by atomic mass is 10.2. The lowest BCUT2D eigenvalue weighted by Gasteiger charge is -2.12. The number of carbonyl (C=O) groups is 1. The molecule has 0 bridgehead atoms. The summed E-state index contributed by atoms with van der Waals surface area (Å²) in [5.41, 5.74) is 0.0944. The van der Waals surface area contributed by atoms with E-state index in [2.05, 4.69) is 4.74 Å². The third-order valence-electron chi connectivity index (χ3n) is 2.02. The quantitative estimate of drug-likeness (QED) is 0.744. The second-order valence-corrected chi connectivity index (χ2v) is 3.14. The summed E-state index contributed by atoms with van der Waals surface area (Å²) in [4.78, 5) is 11.3. The van der Waals surface area contributed by atoms with Gasteiger partial charge in [-0.1, -0.05) is 0 Å². The molecule has 0 atom stereocenters. The number of benzene rings is 1. The first kappa shape index (κ1) is 13.3. The minimum Gasteiger partial charge on any atom is -0.490 e. The maximum atomic E-state index is 13.7. The van der Waals surface area contributed by atoms with Gasteiger partial charge < -0.3 is 14.2 Å². The summed E-state index contributed by atoms with van der Waals surface area (Å²) in [5.74, 6) is -1.04. The van der Waals surface area contributed by atoms with Crippen molar-refractivity contribution < 1.29 is 23.4 Å². The molecule has 0 saturated heterocycles. The average molecular weight is 242 g/mol. The highest BCUT2D eigenvalue weighted by Gasteiger charge is 2.17. The van der Waals surface area contributed by atoms with Crippen LogP contribution in [-0.2, 0) is 4.74 Å². The van der Waals surface area contributed by atoms with Crippen molar-refractivity contribution in [2.45, 2.75) is 13.8 Å². The Morgan fingerprint density at radius 2 is 1.88 bits per heavy atom. The van der Waals surface area contributed by atoms with Gasteiger partial charge in [-0.25, -0.2) is 9.18 Å². The summed E-state index contributed by atoms with van der Waals surface area (Å²) in [6.45, 7) is 4.17. The molecule has 0 amide bonds. The minimum atomic E-state index is -0.641. The smallest absolute Gasteiger partial charge is 0.338 e. The lowest BCUT2D eigenvalue weighted by Crippen LogP contribution is -2.06. The van der Waals surface area contributed by atoms with E-state index in [0.717, 1.165) is 6.07 Å². The first-order valence-electron chi connectivity index (χ1n) is 5.31. The highest BCUT2D eigenvalue weighted by molar-refractivity contribution is 5.90. The topological polar surface area (TPSA) is 44.8 Å². The van der Waals surface area contributed by atoms with Crippen LogP contribution in [0.4, 0.5) is 4.39 Å². The molecule has 0 saturated carbocycles. The minimum absolute atomic E-state index is 0.0157. The molecule has 0 fully saturated rings. The third kappa shape index (κ3) is 3.09. The van der Waals surface area contributed by atoms with Gasteiger partial charge in [-0.3, -0.25) is 0 Å². The van der Waals surface area contributed by atoms with E-state index in [1.807, 2.05) is 0 Å². The normalized spacial score (nSPS) is 9.88. The summed E-state index contributed by atoms with van der Waals surface area (Å²) in [6, 6.07) is 2.47. The number of rotatable bonds is 5. The molecule has 0 radical (unpaired) electrons. The summed E-state index contributed by atoms with van der Waals surface area (Å²) in [6.07, 6.45) is 0. The molecular formula is C12H15FO4. The highest BCUT2D eigenvalue weighted by Crippen LogP contribution is 2.32. The molecular weight excluding hydrogens is 227 g/mol. The fourth-order valence-corrected chi connectivity index (χ4v) is 1.35. The molecule has 0 aromatic heterocycles. The third-order valence-corrected chi connectivity index (χ3v) is 2.02. The zero-order chi connectivity index (χ0) is 12.8. The number of methoxy groups -OCH3 is 1. The van der Waals surface area contributed by atoms with Crippen LogP contribution < -0.4 is 9.47 Å². The van der Waals surface area contributed by atoms with Crippen LogP contribution in [-0.4, -0.2) is 26.3 Å². The second-order valence-electron chi connectivity index (χ2n) is 3.14. The van der Waals surface area contributed by atoms with Gasteiger partial charge in [-0.2, -0.15) is 0 Å². The first-order chi connectivity index (χ1) is 8.13. The molecule has 17 heavy (non-hydrogen) atoms. The Labute approximate surface area is 99.3 Å². The van der Waals surface area contributed by atoms with Gasteiger partial charge in [0.15, 0.2) is 17.3 Å². The van der Waals surface area contributed by atoms with Gasteiger partial charge in [-0.05, 0) is 26.0 Å². The van der Waals surface area contributed by atoms with E-state index in [9.17, 15) is 9.18 Å². The van der Waals surface area contributed by atoms with E-state index < -0.39 is 11.8 Å². The lowest BCUT2D eigenvalue weighted by molar-refractivity contribution is 0.0599. The molecule has 1 rings (SSSR count). The molecule has 1 aromatic carbocycles. The van der Waals surface area contributed by atoms with Crippen molar-refractivity contribution in [3.8, 4) is 11.5 Å². The molecule has 94 valence electrons. The zero-order valence-electron chi connectivity index (χ0n) is 10.1. The van der Waals surface area contributed by atoms with Gasteiger partial charge in [0, 0.05) is 0 Å². The van der Waals surface area contributed by atoms with Gasteiger partial charge >= 0.3 is 5.97 Å². The summed E-state index contributed by atoms with van der Waals surface area (Å²) >= 11 is 0. The highest BCUT2D eigenvalue weighted by atomic mass is 19.1. The number of halogens is 1. The van der Waals surface area contributed by atoms with Gasteiger partial charge in [0.25, 0.3) is 0 Å². The maximum Gasteiger partial charge on any atom is 0.338 e. The molecule has 4 nitrogen and oxygen atoms in total. The van der Waals surface area contributed by atoms with Crippen molar-refractivity contribution in [1.82, 2.24) is 0 Å². The van der Waals surface area contributed by atoms with Crippen LogP contribution >= 0.6 is 0 Å². The van der Waals surface area contributed by atoms with E-state index in [0.29, 0.717) is 13.2 Å². The van der Waals surface area contributed by atoms with Gasteiger partial charge in [0.1, 0.15) is 0 Å². The van der Waals surface area contributed by atoms with Crippen LogP contribution in [0, 0.1) is 5.82 Å². The predicted molar refractivity (Wildman–Crippen MR) is 60.1 cm³/mol. The van der Waals surface area contributed by atoms with E-state index in [-0.39, 0.29) is 17.1 Å². The number of esters is 1. The van der Waals surface area contributed by atoms with Gasteiger partial charge in [0.05, 0.1) is 25.9 Å². The second kappa shape index (κ2) is 6.08. The summed E-state index contributed by atoms with van der Waals surface area (Å²) < 4.78 is 28.6. The zero-order valence-corrected chi connectivity index (χ0v) is 10.1. The first-order valence-corrected chi connectivity index (χ1v) is 5.31. The van der Waals surface area contributed by atoms with Crippen LogP contribution in [0.25, 0.3) is 0 Å². The number of hydrogen-bond donors (Lipinski definition) is 0. The molecule has 0 unspecified atom stereocenters. The maximum absolute atomic E-state index is 13.7. The molecule has 5 heteroatoms. The molecule has 0 heterocycles. The van der Waals surface area contributed by atoms with Gasteiger partial charge in [-0.15, -0.1) is 0 Å². The van der Waals surface area contributed by atoms with Crippen LogP contribution in [0.2, 0.25) is 0 Å². The van der Waals surface area contributed by atoms with E-state index in [1.54, 1.807) is 13.8 Å². The molecule has 0 N–H and O–H groups in total. The SMILES string of the molecule is CCOc1cc(C(=O)OC)cc(F)c1OCC. The van der Waals surface area contributed by atoms with Crippen molar-refractivity contribution in [2.75, 3.05) is 20.3 Å². The van der Waals surface area contributed by atoms with E-state index >= 15 is 0 Å². The van der Waals surface area contributed by atoms with Crippen molar-refractivity contribution in [3.05, 3.63) is 23.5 Å². The Morgan fingerprint density at radius 3 is 2.41 bits per heavy atom. The van der Waals surface area contributed by atoms with Crippen molar-refractivity contribution in [2.24, 2.45) is 0 Å². The summed E-state index contributed by atoms with van der Waals surface area (Å²) in [5, 5.41) is 0. The van der Waals surface area contributed by atoms with Crippen molar-refractivity contribution in [3.63, 3.8) is 0 Å². The molecule has 0 aliphatic carbocycles. The fraction of sp³-hybridized carbons (Fsp3) is 0.417. The average Bonchev–Trinajstić information content (AvgIpc) is 2.32. The standard InChI is InChI=1S/C12H15FO4/c1-4-16-10-7-8(12(14)15-3)6-9(13)11(10)17-5-2/h6-7H,4-5H2,1-3H3. The molecule has 0 aliphatic rings. The van der Waals surface area contributed by atoms with Crippen LogP contribution in [0.3, 0.4) is 0 Å². The van der Waals surface area contributed by atoms with Crippen LogP contribution in [0.1, 0.15) is 24.2 Å². The van der Waals surface area contributed by atoms with E-state index in [1.165, 1.54) is 13.2 Å². The monoisotopic (exact) mass is 242 g/mol. The number of carbonyl (C=O) groups excluding carboxylic acids is 1. The Hall–Kier alpha value is -1.78. The van der Waals surface area contributed by atoms with Crippen molar-refractivity contribution in [1.29, 1.82) is 0 Å². The van der Waals surface area contributed by atoms with E-state index in [4.69, 9.17) is 9.47 Å². The Morgan fingerprint density at radius 1 is 1.24 bits per heavy atom. The Balaban J connectivity index is 3.19. The molecule has 0 aliphatic heterocycles. The van der Waals surface area contributed by atoms with Crippen LogP contribution in [0.5, 0.6) is 11.5 Å². The number of ether oxygens (including phenoxy) is 3. The largest absolute Gasteiger partial charge is 0.490 e.